The molecule has 3 amide bonds. The fourth-order valence-electron chi connectivity index (χ4n) is 8.07. The number of carbonyl (C=O) groups is 3. The van der Waals surface area contributed by atoms with E-state index in [-0.39, 0.29) is 23.9 Å². The monoisotopic (exact) mass is 761 g/mol. The van der Waals surface area contributed by atoms with Crippen molar-refractivity contribution in [1.29, 1.82) is 0 Å². The standard InChI is InChI=1S/C45H45N8O4/c1-28-24-32(36-26-47-42(49-36)39-17-11-23-53(39)44(55)40(51-45(56)57-3)31-14-8-5-9-15-31)18-20-34(28)35-21-19-33(25-46-35)37-27-48-41(50-37)38-16-10-22-52(38)43(54)29(2)30-12-6-4-7-13-30/h4-9,12-15,18-21,24-27,29,38-40H,2,10-11,16-17,22-23H2,1,3H3,(H,47,49)(H,48,50)(H,51,56)/t29-,38+,39+,40-/m1/s1. The Bertz CT molecular complexity index is 2360. The van der Waals surface area contributed by atoms with Crippen LogP contribution in [-0.4, -0.2) is 72.8 Å². The van der Waals surface area contributed by atoms with Crippen molar-refractivity contribution >= 4 is 17.9 Å². The van der Waals surface area contributed by atoms with Crippen LogP contribution < -0.4 is 5.32 Å². The van der Waals surface area contributed by atoms with Gasteiger partial charge in [0.05, 0.1) is 54.6 Å². The van der Waals surface area contributed by atoms with Crippen LogP contribution in [0.5, 0.6) is 0 Å². The lowest BCUT2D eigenvalue weighted by Crippen LogP contribution is -2.42. The summed E-state index contributed by atoms with van der Waals surface area (Å²) in [5.74, 6) is 0.807. The smallest absolute Gasteiger partial charge is 0.407 e. The van der Waals surface area contributed by atoms with Crippen LogP contribution in [0.15, 0.2) is 110 Å². The first-order valence-corrected chi connectivity index (χ1v) is 19.3. The predicted octanol–water partition coefficient (Wildman–Crippen LogP) is 7.88. The number of hydrogen-bond donors (Lipinski definition) is 3. The second-order valence-electron chi connectivity index (χ2n) is 14.6. The molecule has 0 saturated carbocycles. The van der Waals surface area contributed by atoms with E-state index < -0.39 is 18.1 Å². The Kier molecular flexibility index (Phi) is 10.7. The third-order valence-electron chi connectivity index (χ3n) is 11.1. The van der Waals surface area contributed by atoms with E-state index in [0.717, 1.165) is 76.4 Å². The minimum absolute atomic E-state index is 0.0121. The number of aromatic amines is 2. The van der Waals surface area contributed by atoms with Gasteiger partial charge in [0.2, 0.25) is 5.91 Å². The molecular weight excluding hydrogens is 717 g/mol. The molecule has 8 rings (SSSR count). The maximum Gasteiger partial charge on any atom is 0.407 e. The topological polar surface area (TPSA) is 149 Å². The van der Waals surface area contributed by atoms with Gasteiger partial charge in [-0.15, -0.1) is 0 Å². The number of carbonyl (C=O) groups excluding carboxylic acids is 3. The number of hydrogen-bond acceptors (Lipinski definition) is 7. The molecular formula is C45H45N8O4. The summed E-state index contributed by atoms with van der Waals surface area (Å²) in [5, 5.41) is 2.72. The van der Waals surface area contributed by atoms with Crippen LogP contribution in [0, 0.1) is 13.8 Å². The number of rotatable bonds is 10. The van der Waals surface area contributed by atoms with Gasteiger partial charge in [-0.25, -0.2) is 14.8 Å². The zero-order valence-corrected chi connectivity index (χ0v) is 32.0. The van der Waals surface area contributed by atoms with Gasteiger partial charge in [-0.3, -0.25) is 14.6 Å². The molecule has 12 nitrogen and oxygen atoms in total. The summed E-state index contributed by atoms with van der Waals surface area (Å²) in [7, 11) is 1.28. The average molecular weight is 762 g/mol. The molecule has 6 aromatic rings. The third kappa shape index (κ3) is 7.67. The molecule has 3 aromatic carbocycles. The Labute approximate surface area is 331 Å². The Morgan fingerprint density at radius 1 is 0.737 bits per heavy atom. The van der Waals surface area contributed by atoms with Gasteiger partial charge in [0.15, 0.2) is 0 Å². The molecule has 57 heavy (non-hydrogen) atoms. The molecule has 0 unspecified atom stereocenters. The van der Waals surface area contributed by atoms with E-state index in [9.17, 15) is 14.4 Å². The lowest BCUT2D eigenvalue weighted by Gasteiger charge is -2.28. The highest BCUT2D eigenvalue weighted by Gasteiger charge is 2.37. The molecule has 2 fully saturated rings. The number of methoxy groups -OCH3 is 1. The van der Waals surface area contributed by atoms with E-state index in [1.807, 2.05) is 96.2 Å². The number of pyridine rings is 1. The lowest BCUT2D eigenvalue weighted by molar-refractivity contribution is -0.134. The van der Waals surface area contributed by atoms with Crippen LogP contribution in [0.3, 0.4) is 0 Å². The summed E-state index contributed by atoms with van der Waals surface area (Å²) in [6.07, 6.45) is 8.12. The highest BCUT2D eigenvalue weighted by molar-refractivity contribution is 5.87. The molecule has 3 N–H and O–H groups in total. The van der Waals surface area contributed by atoms with E-state index in [4.69, 9.17) is 19.7 Å². The molecule has 1 radical (unpaired) electrons. The number of likely N-dealkylation sites (tertiary alicyclic amines) is 2. The zero-order valence-electron chi connectivity index (χ0n) is 32.0. The zero-order chi connectivity index (χ0) is 39.5. The minimum Gasteiger partial charge on any atom is -0.453 e. The number of alkyl carbamates (subject to hydrolysis) is 1. The lowest BCUT2D eigenvalue weighted by atomic mass is 9.99. The van der Waals surface area contributed by atoms with Gasteiger partial charge >= 0.3 is 6.09 Å². The number of nitrogens with one attached hydrogen (secondary N) is 3. The fraction of sp³-hybridized carbons (Fsp3) is 0.267. The maximum atomic E-state index is 13.9. The molecule has 2 aliphatic heterocycles. The molecule has 289 valence electrons. The van der Waals surface area contributed by atoms with Crippen molar-refractivity contribution in [3.8, 4) is 33.8 Å². The number of aromatic nitrogens is 5. The number of aryl methyl sites for hydroxylation is 1. The van der Waals surface area contributed by atoms with Crippen molar-refractivity contribution in [2.24, 2.45) is 0 Å². The second-order valence-corrected chi connectivity index (χ2v) is 14.6. The third-order valence-corrected chi connectivity index (χ3v) is 11.1. The molecule has 0 aliphatic carbocycles. The van der Waals surface area contributed by atoms with Crippen molar-refractivity contribution in [3.63, 3.8) is 0 Å². The minimum atomic E-state index is -0.879. The van der Waals surface area contributed by atoms with E-state index in [1.54, 1.807) is 11.1 Å². The van der Waals surface area contributed by atoms with Gasteiger partial charge < -0.3 is 29.8 Å². The van der Waals surface area contributed by atoms with Crippen molar-refractivity contribution in [3.05, 3.63) is 145 Å². The first-order valence-electron chi connectivity index (χ1n) is 19.3. The summed E-state index contributed by atoms with van der Waals surface area (Å²) in [6.45, 7) is 7.48. The number of H-pyrrole nitrogens is 2. The van der Waals surface area contributed by atoms with E-state index in [0.29, 0.717) is 24.5 Å². The average Bonchev–Trinajstić information content (AvgIpc) is 4.10. The molecule has 2 saturated heterocycles. The molecule has 2 aliphatic rings. The largest absolute Gasteiger partial charge is 0.453 e. The first kappa shape index (κ1) is 37.4. The maximum absolute atomic E-state index is 13.9. The van der Waals surface area contributed by atoms with Crippen molar-refractivity contribution in [2.45, 2.75) is 56.7 Å². The number of nitrogens with zero attached hydrogens (tertiary/aromatic N) is 5. The van der Waals surface area contributed by atoms with Gasteiger partial charge in [-0.05, 0) is 80.0 Å². The molecule has 12 heteroatoms. The van der Waals surface area contributed by atoms with Gasteiger partial charge in [-0.1, -0.05) is 72.8 Å². The van der Waals surface area contributed by atoms with Crippen LogP contribution >= 0.6 is 0 Å². The van der Waals surface area contributed by atoms with Crippen LogP contribution in [-0.2, 0) is 14.3 Å². The van der Waals surface area contributed by atoms with Gasteiger partial charge in [0.1, 0.15) is 17.7 Å². The predicted molar refractivity (Wildman–Crippen MR) is 216 cm³/mol. The van der Waals surface area contributed by atoms with Crippen molar-refractivity contribution in [2.75, 3.05) is 20.2 Å². The second kappa shape index (κ2) is 16.3. The summed E-state index contributed by atoms with van der Waals surface area (Å²) >= 11 is 0. The summed E-state index contributed by atoms with van der Waals surface area (Å²) in [4.78, 5) is 64.5. The van der Waals surface area contributed by atoms with Gasteiger partial charge in [0.25, 0.3) is 5.91 Å². The van der Waals surface area contributed by atoms with Crippen molar-refractivity contribution in [1.82, 2.24) is 40.0 Å². The molecule has 5 heterocycles. The SMILES string of the molecule is [CH2][C@@H](C(=O)N1CCC[C@H]1c1ncc(-c2ccc(-c3ccc(-c4cnc([C@@H]5CCCN5C(=O)[C@H](NC(=O)OC)c5ccccc5)[nH]4)cc3C)nc2)[nH]1)c1ccccc1. The van der Waals surface area contributed by atoms with Gasteiger partial charge in [0, 0.05) is 30.4 Å². The molecule has 4 atom stereocenters. The number of imidazole rings is 2. The Morgan fingerprint density at radius 2 is 1.32 bits per heavy atom. The fourth-order valence-corrected chi connectivity index (χ4v) is 8.07. The van der Waals surface area contributed by atoms with Crippen LogP contribution in [0.4, 0.5) is 4.79 Å². The van der Waals surface area contributed by atoms with E-state index >= 15 is 0 Å². The van der Waals surface area contributed by atoms with E-state index in [1.165, 1.54) is 7.11 Å². The highest BCUT2D eigenvalue weighted by atomic mass is 16.5. The van der Waals surface area contributed by atoms with Crippen LogP contribution in [0.2, 0.25) is 0 Å². The van der Waals surface area contributed by atoms with Crippen molar-refractivity contribution < 1.29 is 19.1 Å². The van der Waals surface area contributed by atoms with Gasteiger partial charge in [-0.2, -0.15) is 0 Å². The Hall–Kier alpha value is -6.56. The normalized spacial score (nSPS) is 17.7. The first-order chi connectivity index (χ1) is 27.8. The Balaban J connectivity index is 0.944. The Morgan fingerprint density at radius 3 is 1.89 bits per heavy atom. The molecule has 0 spiro atoms. The summed E-state index contributed by atoms with van der Waals surface area (Å²) in [5.41, 5.74) is 8.06. The van der Waals surface area contributed by atoms with Crippen LogP contribution in [0.25, 0.3) is 33.8 Å². The van der Waals surface area contributed by atoms with Crippen LogP contribution in [0.1, 0.15) is 78.1 Å². The number of ether oxygens (including phenoxy) is 1. The number of benzene rings is 3. The number of amides is 3. The highest BCUT2D eigenvalue weighted by Crippen LogP contribution is 2.36. The van der Waals surface area contributed by atoms with E-state index in [2.05, 4.69) is 41.3 Å². The summed E-state index contributed by atoms with van der Waals surface area (Å²) in [6, 6.07) is 27.9. The molecule has 0 bridgehead atoms. The molecule has 3 aromatic heterocycles. The summed E-state index contributed by atoms with van der Waals surface area (Å²) < 4.78 is 4.83. The quantitative estimate of drug-likeness (QED) is 0.129.